The van der Waals surface area contributed by atoms with Crippen LogP contribution in [0.2, 0.25) is 0 Å². The second-order valence-electron chi connectivity index (χ2n) is 4.84. The topological polar surface area (TPSA) is 62.2 Å². The molecule has 0 saturated carbocycles. The molecule has 1 fully saturated rings. The number of aromatic nitrogens is 1. The summed E-state index contributed by atoms with van der Waals surface area (Å²) in [7, 11) is 0. The molecule has 9 heteroatoms. The zero-order valence-corrected chi connectivity index (χ0v) is 12.9. The van der Waals surface area contributed by atoms with E-state index in [0.717, 1.165) is 16.7 Å². The smallest absolute Gasteiger partial charge is 0.379 e. The fourth-order valence-electron chi connectivity index (χ4n) is 1.94. The molecule has 1 aliphatic rings. The van der Waals surface area contributed by atoms with Crippen LogP contribution < -0.4 is 5.32 Å². The SMILES string of the molecule is CCC(NC(=O)C1(O)CCSC1)c1nc(C(F)(F)F)cs1. The summed E-state index contributed by atoms with van der Waals surface area (Å²) in [6, 6.07) is -0.617. The molecule has 2 unspecified atom stereocenters. The number of thiazole rings is 1. The predicted octanol–water partition coefficient (Wildman–Crippen LogP) is 2.60. The second kappa shape index (κ2) is 6.13. The Morgan fingerprint density at radius 3 is 2.81 bits per heavy atom. The van der Waals surface area contributed by atoms with Crippen molar-refractivity contribution < 1.29 is 23.1 Å². The van der Waals surface area contributed by atoms with Gasteiger partial charge in [0, 0.05) is 11.1 Å². The van der Waals surface area contributed by atoms with Gasteiger partial charge in [-0.05, 0) is 18.6 Å². The van der Waals surface area contributed by atoms with E-state index < -0.39 is 29.4 Å². The Kier molecular flexibility index (Phi) is 4.84. The molecule has 4 nitrogen and oxygen atoms in total. The minimum Gasteiger partial charge on any atom is -0.379 e. The molecule has 0 aliphatic carbocycles. The Balaban J connectivity index is 2.09. The van der Waals surface area contributed by atoms with Crippen molar-refractivity contribution in [1.82, 2.24) is 10.3 Å². The maximum Gasteiger partial charge on any atom is 0.434 e. The lowest BCUT2D eigenvalue weighted by Crippen LogP contribution is -2.48. The van der Waals surface area contributed by atoms with Crippen molar-refractivity contribution in [2.45, 2.75) is 37.6 Å². The van der Waals surface area contributed by atoms with E-state index in [2.05, 4.69) is 10.3 Å². The molecule has 0 spiro atoms. The first-order chi connectivity index (χ1) is 9.76. The Bertz CT molecular complexity index is 513. The molecule has 1 saturated heterocycles. The second-order valence-corrected chi connectivity index (χ2v) is 6.83. The molecule has 1 aromatic heterocycles. The zero-order chi connectivity index (χ0) is 15.7. The summed E-state index contributed by atoms with van der Waals surface area (Å²) >= 11 is 2.33. The van der Waals surface area contributed by atoms with Crippen LogP contribution in [0.25, 0.3) is 0 Å². The number of nitrogens with zero attached hydrogens (tertiary/aromatic N) is 1. The highest BCUT2D eigenvalue weighted by Gasteiger charge is 2.41. The molecule has 2 heterocycles. The first-order valence-corrected chi connectivity index (χ1v) is 8.43. The maximum atomic E-state index is 12.6. The van der Waals surface area contributed by atoms with Gasteiger partial charge in [0.25, 0.3) is 5.91 Å². The highest BCUT2D eigenvalue weighted by molar-refractivity contribution is 7.99. The third-order valence-corrected chi connectivity index (χ3v) is 5.38. The molecule has 2 atom stereocenters. The van der Waals surface area contributed by atoms with E-state index in [9.17, 15) is 23.1 Å². The van der Waals surface area contributed by atoms with E-state index in [0.29, 0.717) is 24.3 Å². The van der Waals surface area contributed by atoms with Crippen molar-refractivity contribution in [3.63, 3.8) is 0 Å². The van der Waals surface area contributed by atoms with Crippen LogP contribution in [0.5, 0.6) is 0 Å². The van der Waals surface area contributed by atoms with Gasteiger partial charge in [-0.25, -0.2) is 4.98 Å². The minimum absolute atomic E-state index is 0.201. The largest absolute Gasteiger partial charge is 0.434 e. The number of thioether (sulfide) groups is 1. The number of aliphatic hydroxyl groups is 1. The first kappa shape index (κ1) is 16.6. The van der Waals surface area contributed by atoms with Gasteiger partial charge in [0.1, 0.15) is 5.01 Å². The van der Waals surface area contributed by atoms with Crippen LogP contribution in [-0.4, -0.2) is 33.1 Å². The predicted molar refractivity (Wildman–Crippen MR) is 75.2 cm³/mol. The normalized spacial score (nSPS) is 24.0. The van der Waals surface area contributed by atoms with Crippen LogP contribution in [-0.2, 0) is 11.0 Å². The number of alkyl halides is 3. The van der Waals surface area contributed by atoms with Crippen LogP contribution >= 0.6 is 23.1 Å². The van der Waals surface area contributed by atoms with Crippen molar-refractivity contribution in [2.75, 3.05) is 11.5 Å². The summed E-state index contributed by atoms with van der Waals surface area (Å²) in [5.41, 5.74) is -2.38. The molecule has 1 aliphatic heterocycles. The number of amides is 1. The van der Waals surface area contributed by atoms with Gasteiger partial charge in [0.05, 0.1) is 6.04 Å². The van der Waals surface area contributed by atoms with Crippen molar-refractivity contribution >= 4 is 29.0 Å². The Morgan fingerprint density at radius 2 is 2.33 bits per heavy atom. The number of carbonyl (C=O) groups is 1. The number of nitrogens with one attached hydrogen (secondary N) is 1. The Hall–Kier alpha value is -0.800. The first-order valence-electron chi connectivity index (χ1n) is 6.40. The van der Waals surface area contributed by atoms with Crippen molar-refractivity contribution in [3.05, 3.63) is 16.1 Å². The third-order valence-electron chi connectivity index (χ3n) is 3.25. The summed E-state index contributed by atoms with van der Waals surface area (Å²) in [6.07, 6.45) is -3.73. The van der Waals surface area contributed by atoms with Crippen LogP contribution in [0.15, 0.2) is 5.38 Å². The lowest BCUT2D eigenvalue weighted by Gasteiger charge is -2.23. The van der Waals surface area contributed by atoms with Gasteiger partial charge in [-0.2, -0.15) is 24.9 Å². The summed E-state index contributed by atoms with van der Waals surface area (Å²) in [4.78, 5) is 15.6. The fourth-order valence-corrected chi connectivity index (χ4v) is 4.14. The van der Waals surface area contributed by atoms with Gasteiger partial charge in [-0.3, -0.25) is 4.79 Å². The third kappa shape index (κ3) is 3.70. The summed E-state index contributed by atoms with van der Waals surface area (Å²) in [6.45, 7) is 1.74. The monoisotopic (exact) mass is 340 g/mol. The van der Waals surface area contributed by atoms with E-state index in [4.69, 9.17) is 0 Å². The molecule has 0 bridgehead atoms. The highest BCUT2D eigenvalue weighted by Crippen LogP contribution is 2.33. The van der Waals surface area contributed by atoms with Gasteiger partial charge >= 0.3 is 6.18 Å². The van der Waals surface area contributed by atoms with Crippen LogP contribution in [0.3, 0.4) is 0 Å². The molecular formula is C12H15F3N2O2S2. The van der Waals surface area contributed by atoms with Gasteiger partial charge in [-0.1, -0.05) is 6.92 Å². The molecule has 1 amide bonds. The van der Waals surface area contributed by atoms with Crippen LogP contribution in [0.1, 0.15) is 36.5 Å². The van der Waals surface area contributed by atoms with Crippen molar-refractivity contribution in [3.8, 4) is 0 Å². The Morgan fingerprint density at radius 1 is 1.62 bits per heavy atom. The van der Waals surface area contributed by atoms with Crippen LogP contribution in [0.4, 0.5) is 13.2 Å². The standard InChI is InChI=1S/C12H15F3N2O2S2/c1-2-7(9-17-8(5-21-9)12(13,14)15)16-10(18)11(19)3-4-20-6-11/h5,7,19H,2-4,6H2,1H3,(H,16,18). The van der Waals surface area contributed by atoms with Crippen molar-refractivity contribution in [1.29, 1.82) is 0 Å². The molecule has 2 rings (SSSR count). The summed E-state index contributed by atoms with van der Waals surface area (Å²) in [5.74, 6) is 0.458. The lowest BCUT2D eigenvalue weighted by molar-refractivity contribution is -0.140. The number of halogens is 3. The number of carbonyl (C=O) groups excluding carboxylic acids is 1. The maximum absolute atomic E-state index is 12.6. The van der Waals surface area contributed by atoms with E-state index in [-0.39, 0.29) is 5.01 Å². The quantitative estimate of drug-likeness (QED) is 0.884. The van der Waals surface area contributed by atoms with Gasteiger partial charge in [-0.15, -0.1) is 11.3 Å². The minimum atomic E-state index is -4.49. The number of hydrogen-bond donors (Lipinski definition) is 2. The average Bonchev–Trinajstić information content (AvgIpc) is 3.04. The molecule has 0 aromatic carbocycles. The zero-order valence-electron chi connectivity index (χ0n) is 11.2. The van der Waals surface area contributed by atoms with Crippen LogP contribution in [0, 0.1) is 0 Å². The van der Waals surface area contributed by atoms with E-state index in [1.165, 1.54) is 11.8 Å². The van der Waals surface area contributed by atoms with Gasteiger partial charge in [0.2, 0.25) is 0 Å². The molecule has 21 heavy (non-hydrogen) atoms. The number of hydrogen-bond acceptors (Lipinski definition) is 5. The number of rotatable bonds is 4. The lowest BCUT2D eigenvalue weighted by atomic mass is 10.0. The molecule has 118 valence electrons. The molecule has 2 N–H and O–H groups in total. The summed E-state index contributed by atoms with van der Waals surface area (Å²) in [5, 5.41) is 13.9. The van der Waals surface area contributed by atoms with Gasteiger partial charge in [0.15, 0.2) is 11.3 Å². The van der Waals surface area contributed by atoms with Gasteiger partial charge < -0.3 is 10.4 Å². The van der Waals surface area contributed by atoms with Crippen molar-refractivity contribution in [2.24, 2.45) is 0 Å². The van der Waals surface area contributed by atoms with E-state index in [1.807, 2.05) is 0 Å². The van der Waals surface area contributed by atoms with E-state index in [1.54, 1.807) is 6.92 Å². The molecule has 0 radical (unpaired) electrons. The fraction of sp³-hybridized carbons (Fsp3) is 0.667. The van der Waals surface area contributed by atoms with E-state index >= 15 is 0 Å². The Labute approximate surface area is 128 Å². The summed E-state index contributed by atoms with van der Waals surface area (Å²) < 4.78 is 37.7. The molecular weight excluding hydrogens is 325 g/mol. The molecule has 1 aromatic rings. The average molecular weight is 340 g/mol. The highest BCUT2D eigenvalue weighted by atomic mass is 32.2.